The molecule has 0 amide bonds. The van der Waals surface area contributed by atoms with Gasteiger partial charge in [-0.25, -0.2) is 4.98 Å². The quantitative estimate of drug-likeness (QED) is 0.793. The van der Waals surface area contributed by atoms with Gasteiger partial charge >= 0.3 is 0 Å². The Hall–Kier alpha value is -0.770. The van der Waals surface area contributed by atoms with E-state index in [2.05, 4.69) is 36.5 Å². The van der Waals surface area contributed by atoms with Crippen LogP contribution in [0.4, 0.5) is 10.8 Å². The van der Waals surface area contributed by atoms with E-state index in [1.807, 2.05) is 12.1 Å². The molecule has 0 aliphatic rings. The van der Waals surface area contributed by atoms with Gasteiger partial charge in [-0.1, -0.05) is 44.0 Å². The van der Waals surface area contributed by atoms with Crippen LogP contribution in [0, 0.1) is 0 Å². The van der Waals surface area contributed by atoms with Crippen LogP contribution < -0.4 is 5.32 Å². The maximum Gasteiger partial charge on any atom is 0.187 e. The highest BCUT2D eigenvalue weighted by Crippen LogP contribution is 2.30. The fourth-order valence-corrected chi connectivity index (χ4v) is 2.91. The maximum atomic E-state index is 5.95. The van der Waals surface area contributed by atoms with Crippen molar-refractivity contribution in [3.05, 3.63) is 39.3 Å². The van der Waals surface area contributed by atoms with Crippen LogP contribution in [0.1, 0.15) is 26.5 Å². The van der Waals surface area contributed by atoms with Gasteiger partial charge in [0.25, 0.3) is 0 Å². The first-order valence-electron chi connectivity index (χ1n) is 5.54. The second kappa shape index (κ2) is 5.08. The first-order chi connectivity index (χ1) is 8.34. The fourth-order valence-electron chi connectivity index (χ4n) is 1.43. The molecule has 1 aromatic heterocycles. The SMILES string of the molecule is CC(C)(C)c1csc(Nc2cc(Cl)cc(Cl)c2)n1. The van der Waals surface area contributed by atoms with Crippen LogP contribution in [-0.2, 0) is 5.41 Å². The van der Waals surface area contributed by atoms with Crippen LogP contribution in [0.3, 0.4) is 0 Å². The van der Waals surface area contributed by atoms with Crippen molar-refractivity contribution in [1.29, 1.82) is 0 Å². The summed E-state index contributed by atoms with van der Waals surface area (Å²) in [5.74, 6) is 0. The summed E-state index contributed by atoms with van der Waals surface area (Å²) in [5, 5.41) is 7.34. The molecule has 0 saturated carbocycles. The van der Waals surface area contributed by atoms with E-state index in [9.17, 15) is 0 Å². The van der Waals surface area contributed by atoms with Crippen molar-refractivity contribution < 1.29 is 0 Å². The Balaban J connectivity index is 2.21. The lowest BCUT2D eigenvalue weighted by atomic mass is 9.93. The van der Waals surface area contributed by atoms with Crippen LogP contribution in [0.15, 0.2) is 23.6 Å². The molecule has 2 rings (SSSR count). The Kier molecular flexibility index (Phi) is 3.85. The molecule has 96 valence electrons. The van der Waals surface area contributed by atoms with E-state index in [4.69, 9.17) is 23.2 Å². The third kappa shape index (κ3) is 3.37. The number of aromatic nitrogens is 1. The van der Waals surface area contributed by atoms with Gasteiger partial charge in [0.2, 0.25) is 0 Å². The van der Waals surface area contributed by atoms with Gasteiger partial charge < -0.3 is 5.32 Å². The van der Waals surface area contributed by atoms with E-state index >= 15 is 0 Å². The largest absolute Gasteiger partial charge is 0.331 e. The van der Waals surface area contributed by atoms with E-state index in [0.29, 0.717) is 10.0 Å². The van der Waals surface area contributed by atoms with Crippen molar-refractivity contribution in [3.8, 4) is 0 Å². The average Bonchev–Trinajstić information content (AvgIpc) is 2.63. The number of nitrogens with one attached hydrogen (secondary N) is 1. The van der Waals surface area contributed by atoms with E-state index in [1.165, 1.54) is 0 Å². The summed E-state index contributed by atoms with van der Waals surface area (Å²) in [5.41, 5.74) is 1.98. The van der Waals surface area contributed by atoms with Gasteiger partial charge in [-0.15, -0.1) is 11.3 Å². The van der Waals surface area contributed by atoms with Crippen molar-refractivity contribution in [1.82, 2.24) is 4.98 Å². The van der Waals surface area contributed by atoms with Crippen LogP contribution in [0.2, 0.25) is 10.0 Å². The minimum Gasteiger partial charge on any atom is -0.331 e. The van der Waals surface area contributed by atoms with Gasteiger partial charge in [-0.2, -0.15) is 0 Å². The average molecular weight is 301 g/mol. The number of hydrogen-bond acceptors (Lipinski definition) is 3. The smallest absolute Gasteiger partial charge is 0.187 e. The number of thiazole rings is 1. The molecule has 1 N–H and O–H groups in total. The Morgan fingerprint density at radius 2 is 1.72 bits per heavy atom. The Morgan fingerprint density at radius 1 is 1.11 bits per heavy atom. The zero-order chi connectivity index (χ0) is 13.3. The highest BCUT2D eigenvalue weighted by molar-refractivity contribution is 7.13. The lowest BCUT2D eigenvalue weighted by Crippen LogP contribution is -2.11. The molecule has 0 aliphatic carbocycles. The number of nitrogens with zero attached hydrogens (tertiary/aromatic N) is 1. The lowest BCUT2D eigenvalue weighted by molar-refractivity contribution is 0.573. The Labute approximate surface area is 121 Å². The second-order valence-corrected chi connectivity index (χ2v) is 6.80. The van der Waals surface area contributed by atoms with E-state index in [-0.39, 0.29) is 5.41 Å². The van der Waals surface area contributed by atoms with Gasteiger partial charge in [-0.3, -0.25) is 0 Å². The minimum atomic E-state index is 0.0579. The first kappa shape index (κ1) is 13.7. The van der Waals surface area contributed by atoms with Crippen molar-refractivity contribution in [2.24, 2.45) is 0 Å². The predicted octanol–water partition coefficient (Wildman–Crippen LogP) is 5.49. The monoisotopic (exact) mass is 300 g/mol. The van der Waals surface area contributed by atoms with Gasteiger partial charge in [0.15, 0.2) is 5.13 Å². The molecule has 0 aliphatic heterocycles. The zero-order valence-electron chi connectivity index (χ0n) is 10.4. The summed E-state index contributed by atoms with van der Waals surface area (Å²) in [6, 6.07) is 5.36. The van der Waals surface area contributed by atoms with Crippen LogP contribution >= 0.6 is 34.5 Å². The molecule has 2 aromatic rings. The summed E-state index contributed by atoms with van der Waals surface area (Å²) >= 11 is 13.5. The third-order valence-corrected chi connectivity index (χ3v) is 3.58. The van der Waals surface area contributed by atoms with E-state index in [0.717, 1.165) is 16.5 Å². The summed E-state index contributed by atoms with van der Waals surface area (Å²) in [4.78, 5) is 4.56. The first-order valence-corrected chi connectivity index (χ1v) is 7.17. The van der Waals surface area contributed by atoms with Gasteiger partial charge in [-0.05, 0) is 18.2 Å². The molecule has 0 saturated heterocycles. The van der Waals surface area contributed by atoms with Gasteiger partial charge in [0.05, 0.1) is 5.69 Å². The summed E-state index contributed by atoms with van der Waals surface area (Å²) in [7, 11) is 0. The number of benzene rings is 1. The molecule has 1 heterocycles. The molecular weight excluding hydrogens is 287 g/mol. The number of hydrogen-bond donors (Lipinski definition) is 1. The molecule has 2 nitrogen and oxygen atoms in total. The summed E-state index contributed by atoms with van der Waals surface area (Å²) in [6.45, 7) is 6.42. The van der Waals surface area contributed by atoms with E-state index in [1.54, 1.807) is 17.4 Å². The summed E-state index contributed by atoms with van der Waals surface area (Å²) < 4.78 is 0. The summed E-state index contributed by atoms with van der Waals surface area (Å²) in [6.07, 6.45) is 0. The van der Waals surface area contributed by atoms with Crippen molar-refractivity contribution in [3.63, 3.8) is 0 Å². The number of rotatable bonds is 2. The molecule has 0 unspecified atom stereocenters. The normalized spacial score (nSPS) is 11.6. The van der Waals surface area contributed by atoms with Crippen molar-refractivity contribution >= 4 is 45.4 Å². The zero-order valence-corrected chi connectivity index (χ0v) is 12.7. The van der Waals surface area contributed by atoms with Crippen LogP contribution in [0.5, 0.6) is 0 Å². The number of anilines is 2. The Bertz CT molecular complexity index is 538. The maximum absolute atomic E-state index is 5.95. The van der Waals surface area contributed by atoms with Crippen molar-refractivity contribution in [2.45, 2.75) is 26.2 Å². The molecule has 0 bridgehead atoms. The van der Waals surface area contributed by atoms with Crippen LogP contribution in [0.25, 0.3) is 0 Å². The molecule has 0 fully saturated rings. The minimum absolute atomic E-state index is 0.0579. The molecule has 0 atom stereocenters. The highest BCUT2D eigenvalue weighted by atomic mass is 35.5. The molecular formula is C13H14Cl2N2S. The highest BCUT2D eigenvalue weighted by Gasteiger charge is 2.17. The standard InChI is InChI=1S/C13H14Cl2N2S/c1-13(2,3)11-7-18-12(17-11)16-10-5-8(14)4-9(15)6-10/h4-7H,1-3H3,(H,16,17). The predicted molar refractivity (Wildman–Crippen MR) is 80.6 cm³/mol. The molecule has 1 aromatic carbocycles. The second-order valence-electron chi connectivity index (χ2n) is 5.07. The molecule has 0 radical (unpaired) electrons. The third-order valence-electron chi connectivity index (χ3n) is 2.39. The van der Waals surface area contributed by atoms with Gasteiger partial charge in [0.1, 0.15) is 0 Å². The van der Waals surface area contributed by atoms with Crippen molar-refractivity contribution in [2.75, 3.05) is 5.32 Å². The topological polar surface area (TPSA) is 24.9 Å². The van der Waals surface area contributed by atoms with Crippen LogP contribution in [-0.4, -0.2) is 4.98 Å². The fraction of sp³-hybridized carbons (Fsp3) is 0.308. The molecule has 18 heavy (non-hydrogen) atoms. The van der Waals surface area contributed by atoms with E-state index < -0.39 is 0 Å². The number of halogens is 2. The Morgan fingerprint density at radius 3 is 2.22 bits per heavy atom. The lowest BCUT2D eigenvalue weighted by Gasteiger charge is -2.14. The molecule has 5 heteroatoms. The van der Waals surface area contributed by atoms with Gasteiger partial charge in [0, 0.05) is 26.5 Å². The molecule has 0 spiro atoms.